The van der Waals surface area contributed by atoms with Crippen molar-refractivity contribution in [2.45, 2.75) is 60.4 Å². The number of hydrogen-bond donors (Lipinski definition) is 2. The van der Waals surface area contributed by atoms with Crippen LogP contribution >= 0.6 is 39.7 Å². The van der Waals surface area contributed by atoms with Gasteiger partial charge in [-0.3, -0.25) is 9.36 Å². The van der Waals surface area contributed by atoms with E-state index in [9.17, 15) is 4.79 Å². The van der Waals surface area contributed by atoms with Crippen LogP contribution in [0.2, 0.25) is 0 Å². The molecular weight excluding hydrogens is 580 g/mol. The lowest BCUT2D eigenvalue weighted by atomic mass is 10.1. The van der Waals surface area contributed by atoms with Gasteiger partial charge in [0, 0.05) is 52.8 Å². The van der Waals surface area contributed by atoms with E-state index in [0.29, 0.717) is 0 Å². The normalized spacial score (nSPS) is 13.1. The van der Waals surface area contributed by atoms with Gasteiger partial charge < -0.3 is 15.2 Å². The molecule has 1 heterocycles. The van der Waals surface area contributed by atoms with Crippen molar-refractivity contribution in [1.29, 1.82) is 0 Å². The number of imidazole rings is 1. The number of rotatable bonds is 4. The van der Waals surface area contributed by atoms with Gasteiger partial charge in [-0.15, -0.1) is 11.6 Å². The molecule has 1 atom stereocenters. The highest BCUT2D eigenvalue weighted by Crippen LogP contribution is 2.31. The van der Waals surface area contributed by atoms with E-state index < -0.39 is 0 Å². The van der Waals surface area contributed by atoms with Crippen LogP contribution in [0, 0.1) is 11.7 Å². The summed E-state index contributed by atoms with van der Waals surface area (Å²) in [6, 6.07) is 12.9. The van der Waals surface area contributed by atoms with Gasteiger partial charge in [-0.1, -0.05) is 99.5 Å². The molecule has 2 aromatic carbocycles. The number of H-pyrrole nitrogens is 1. The van der Waals surface area contributed by atoms with Crippen molar-refractivity contribution >= 4 is 62.6 Å². The maximum absolute atomic E-state index is 10.0. The third kappa shape index (κ3) is 11.2. The van der Waals surface area contributed by atoms with Crippen molar-refractivity contribution in [3.05, 3.63) is 75.8 Å². The fourth-order valence-corrected chi connectivity index (χ4v) is 4.21. The van der Waals surface area contributed by atoms with E-state index >= 15 is 0 Å². The van der Waals surface area contributed by atoms with Gasteiger partial charge in [-0.25, -0.2) is 0 Å². The third-order valence-corrected chi connectivity index (χ3v) is 6.04. The van der Waals surface area contributed by atoms with Gasteiger partial charge in [0.25, 0.3) is 0 Å². The molecule has 0 spiro atoms. The second-order valence-corrected chi connectivity index (χ2v) is 9.98. The van der Waals surface area contributed by atoms with Crippen LogP contribution in [0.25, 0.3) is 16.5 Å². The fraction of sp³-hybridized carbons (Fsp3) is 0.400. The Hall–Kier alpha value is -2.35. The number of benzene rings is 2. The Bertz CT molecular complexity index is 1200. The molecule has 1 aromatic heterocycles. The largest absolute Gasteiger partial charge is 0.377 e. The Balaban J connectivity index is 0.000000637. The van der Waals surface area contributed by atoms with E-state index in [0.717, 1.165) is 39.3 Å². The Morgan fingerprint density at radius 1 is 1.16 bits per heavy atom. The van der Waals surface area contributed by atoms with Gasteiger partial charge in [-0.05, 0) is 37.7 Å². The van der Waals surface area contributed by atoms with Crippen LogP contribution in [0.1, 0.15) is 53.2 Å². The third-order valence-electron chi connectivity index (χ3n) is 4.93. The number of carbonyl (C=O) groups excluding carboxylic acids is 1. The molecule has 0 bridgehead atoms. The van der Waals surface area contributed by atoms with Gasteiger partial charge in [0.15, 0.2) is 4.77 Å². The average Bonchev–Trinajstić information content (AvgIpc) is 3.25. The van der Waals surface area contributed by atoms with E-state index in [1.165, 1.54) is 22.9 Å². The SMILES string of the molecule is CC.CCC.CCCl.Cc1c[nH]c(=S)n1-c1ccc(N(C)C)c2ccccc12.O=CNC1CC=CC=C1Br. The topological polar surface area (TPSA) is 53.1 Å². The lowest BCUT2D eigenvalue weighted by Gasteiger charge is -2.18. The number of allylic oxidation sites excluding steroid dienone is 2. The summed E-state index contributed by atoms with van der Waals surface area (Å²) >= 11 is 13.7. The molecule has 8 heteroatoms. The van der Waals surface area contributed by atoms with Gasteiger partial charge in [0.1, 0.15) is 0 Å². The summed E-state index contributed by atoms with van der Waals surface area (Å²) in [7, 11) is 4.13. The number of fused-ring (bicyclic) bond motifs is 1. The number of nitrogens with one attached hydrogen (secondary N) is 2. The first-order valence-corrected chi connectivity index (χ1v) is 14.7. The standard InChI is InChI=1S/C16H17N3S.C7H8BrNO.C3H8.C2H5Cl.C2H6/c1-11-10-17-16(20)19(11)15-9-8-14(18(2)3)12-6-4-5-7-13(12)15;8-6-3-1-2-4-7(6)9-5-10;1-3-2;1-2-3;1-2/h4-10H,1-3H3,(H,17,20);1-3,5,7H,4H2,(H,9,10);3H2,1-2H3;2H2,1H3;1-2H3. The molecule has 1 unspecified atom stereocenters. The molecule has 0 saturated heterocycles. The number of aromatic nitrogens is 2. The number of aromatic amines is 1. The smallest absolute Gasteiger partial charge is 0.207 e. The number of nitrogens with zero attached hydrogens (tertiary/aromatic N) is 2. The van der Waals surface area contributed by atoms with Crippen LogP contribution in [0.15, 0.2) is 65.3 Å². The lowest BCUT2D eigenvalue weighted by Crippen LogP contribution is -2.28. The Morgan fingerprint density at radius 2 is 1.74 bits per heavy atom. The Kier molecular flexibility index (Phi) is 19.3. The maximum atomic E-state index is 10.0. The minimum Gasteiger partial charge on any atom is -0.377 e. The molecule has 0 fully saturated rings. The molecule has 2 N–H and O–H groups in total. The van der Waals surface area contributed by atoms with Crippen LogP contribution in [0.5, 0.6) is 0 Å². The summed E-state index contributed by atoms with van der Waals surface area (Å²) in [4.78, 5) is 15.3. The average molecular weight is 624 g/mol. The van der Waals surface area contributed by atoms with Gasteiger partial charge in [0.05, 0.1) is 11.7 Å². The molecule has 4 rings (SSSR count). The van der Waals surface area contributed by atoms with E-state index in [-0.39, 0.29) is 6.04 Å². The summed E-state index contributed by atoms with van der Waals surface area (Å²) in [6.07, 6.45) is 10.7. The van der Waals surface area contributed by atoms with Crippen molar-refractivity contribution in [3.63, 3.8) is 0 Å². The molecule has 1 aliphatic rings. The minimum absolute atomic E-state index is 0.141. The highest BCUT2D eigenvalue weighted by molar-refractivity contribution is 9.11. The van der Waals surface area contributed by atoms with Crippen LogP contribution in [0.3, 0.4) is 0 Å². The number of hydrogen-bond acceptors (Lipinski definition) is 3. The van der Waals surface area contributed by atoms with Crippen molar-refractivity contribution in [2.24, 2.45) is 0 Å². The molecule has 0 saturated carbocycles. The molecular formula is C30H44BrClN4OS. The van der Waals surface area contributed by atoms with Crippen molar-refractivity contribution in [1.82, 2.24) is 14.9 Å². The maximum Gasteiger partial charge on any atom is 0.207 e. The fourth-order valence-electron chi connectivity index (χ4n) is 3.44. The molecule has 5 nitrogen and oxygen atoms in total. The lowest BCUT2D eigenvalue weighted by molar-refractivity contribution is -0.109. The molecule has 3 aromatic rings. The van der Waals surface area contributed by atoms with Gasteiger partial charge in [0.2, 0.25) is 6.41 Å². The monoisotopic (exact) mass is 622 g/mol. The molecule has 0 aliphatic heterocycles. The number of halogens is 2. The molecule has 0 radical (unpaired) electrons. The second kappa shape index (κ2) is 20.6. The predicted octanol–water partition coefficient (Wildman–Crippen LogP) is 9.09. The van der Waals surface area contributed by atoms with E-state index in [4.69, 9.17) is 23.8 Å². The zero-order valence-corrected chi connectivity index (χ0v) is 27.2. The van der Waals surface area contributed by atoms with Gasteiger partial charge >= 0.3 is 0 Å². The second-order valence-electron chi connectivity index (χ2n) is 8.14. The minimum atomic E-state index is 0.141. The number of aryl methyl sites for hydroxylation is 1. The number of anilines is 1. The number of alkyl halides is 1. The summed E-state index contributed by atoms with van der Waals surface area (Å²) in [5.74, 6) is 0.722. The van der Waals surface area contributed by atoms with E-state index in [2.05, 4.69) is 107 Å². The first-order chi connectivity index (χ1) is 18.3. The van der Waals surface area contributed by atoms with Gasteiger partial charge in [-0.2, -0.15) is 0 Å². The highest BCUT2D eigenvalue weighted by atomic mass is 79.9. The Labute approximate surface area is 248 Å². The molecule has 38 heavy (non-hydrogen) atoms. The Morgan fingerprint density at radius 3 is 2.21 bits per heavy atom. The number of carbonyl (C=O) groups is 1. The summed E-state index contributed by atoms with van der Waals surface area (Å²) in [5.41, 5.74) is 3.44. The predicted molar refractivity (Wildman–Crippen MR) is 175 cm³/mol. The van der Waals surface area contributed by atoms with Crippen molar-refractivity contribution < 1.29 is 4.79 Å². The van der Waals surface area contributed by atoms with Crippen LogP contribution in [-0.2, 0) is 4.79 Å². The first-order valence-electron chi connectivity index (χ1n) is 13.0. The van der Waals surface area contributed by atoms with E-state index in [1.54, 1.807) is 0 Å². The van der Waals surface area contributed by atoms with Crippen LogP contribution < -0.4 is 10.2 Å². The summed E-state index contributed by atoms with van der Waals surface area (Å²) in [6.45, 7) is 12.2. The van der Waals surface area contributed by atoms with Crippen LogP contribution in [0.4, 0.5) is 5.69 Å². The summed E-state index contributed by atoms with van der Waals surface area (Å²) < 4.78 is 3.84. The summed E-state index contributed by atoms with van der Waals surface area (Å²) in [5, 5.41) is 5.13. The van der Waals surface area contributed by atoms with E-state index in [1.807, 2.05) is 45.2 Å². The van der Waals surface area contributed by atoms with Crippen molar-refractivity contribution in [2.75, 3.05) is 24.9 Å². The van der Waals surface area contributed by atoms with Crippen molar-refractivity contribution in [3.8, 4) is 5.69 Å². The number of amides is 1. The first kappa shape index (κ1) is 35.6. The zero-order valence-electron chi connectivity index (χ0n) is 24.0. The molecule has 1 aliphatic carbocycles. The van der Waals surface area contributed by atoms with Crippen LogP contribution in [-0.4, -0.2) is 42.0 Å². The molecule has 210 valence electrons. The zero-order chi connectivity index (χ0) is 29.1. The highest BCUT2D eigenvalue weighted by Gasteiger charge is 2.11. The quantitative estimate of drug-likeness (QED) is 0.173. The molecule has 1 amide bonds.